The molecule has 1 heterocycles. The molecule has 1 atom stereocenters. The topological polar surface area (TPSA) is 21.3 Å². The van der Waals surface area contributed by atoms with Gasteiger partial charge in [-0.15, -0.1) is 0 Å². The van der Waals surface area contributed by atoms with Gasteiger partial charge in [-0.05, 0) is 24.7 Å². The minimum absolute atomic E-state index is 0.436. The molecule has 1 aliphatic heterocycles. The first-order chi connectivity index (χ1) is 7.79. The van der Waals surface area contributed by atoms with Gasteiger partial charge >= 0.3 is 0 Å². The molecule has 0 amide bonds. The summed E-state index contributed by atoms with van der Waals surface area (Å²) in [5, 5.41) is 3.49. The molecule has 1 unspecified atom stereocenters. The van der Waals surface area contributed by atoms with Crippen molar-refractivity contribution in [2.75, 3.05) is 19.7 Å². The minimum Gasteiger partial charge on any atom is -0.375 e. The van der Waals surface area contributed by atoms with Crippen LogP contribution in [0, 0.1) is 5.41 Å². The fraction of sp³-hybridized carbons (Fsp3) is 1.00. The van der Waals surface area contributed by atoms with Crippen molar-refractivity contribution in [1.82, 2.24) is 5.32 Å². The van der Waals surface area contributed by atoms with Crippen LogP contribution in [0.25, 0.3) is 0 Å². The number of nitrogens with one attached hydrogen (secondary N) is 1. The van der Waals surface area contributed by atoms with Crippen LogP contribution in [0.4, 0.5) is 0 Å². The van der Waals surface area contributed by atoms with Crippen LogP contribution in [-0.2, 0) is 4.74 Å². The lowest BCUT2D eigenvalue weighted by molar-refractivity contribution is -0.0713. The molecule has 0 spiro atoms. The van der Waals surface area contributed by atoms with Gasteiger partial charge in [0.25, 0.3) is 0 Å². The molecule has 0 aromatic rings. The van der Waals surface area contributed by atoms with Crippen molar-refractivity contribution in [3.05, 3.63) is 0 Å². The molecule has 1 N–H and O–H groups in total. The van der Waals surface area contributed by atoms with E-state index in [2.05, 4.69) is 26.1 Å². The lowest BCUT2D eigenvalue weighted by Gasteiger charge is -2.43. The summed E-state index contributed by atoms with van der Waals surface area (Å²) in [5.74, 6) is 0. The lowest BCUT2D eigenvalue weighted by Crippen LogP contribution is -2.49. The number of rotatable bonds is 7. The number of ether oxygens (including phenoxy) is 1. The van der Waals surface area contributed by atoms with E-state index in [4.69, 9.17) is 4.74 Å². The van der Waals surface area contributed by atoms with Gasteiger partial charge < -0.3 is 10.1 Å². The highest BCUT2D eigenvalue weighted by atomic mass is 16.5. The molecule has 1 fully saturated rings. The van der Waals surface area contributed by atoms with Gasteiger partial charge in [0.1, 0.15) is 0 Å². The minimum atomic E-state index is 0.436. The highest BCUT2D eigenvalue weighted by molar-refractivity contribution is 4.89. The van der Waals surface area contributed by atoms with E-state index < -0.39 is 0 Å². The van der Waals surface area contributed by atoms with Crippen LogP contribution in [0.1, 0.15) is 59.3 Å². The zero-order valence-corrected chi connectivity index (χ0v) is 11.3. The summed E-state index contributed by atoms with van der Waals surface area (Å²) in [6, 6.07) is 0. The Morgan fingerprint density at radius 3 is 2.00 bits per heavy atom. The maximum Gasteiger partial charge on any atom is 0.0756 e. The molecule has 0 aromatic heterocycles. The van der Waals surface area contributed by atoms with Gasteiger partial charge in [-0.3, -0.25) is 0 Å². The maximum absolute atomic E-state index is 6.04. The molecule has 0 bridgehead atoms. The van der Waals surface area contributed by atoms with Crippen molar-refractivity contribution in [2.45, 2.75) is 65.4 Å². The summed E-state index contributed by atoms with van der Waals surface area (Å²) in [4.78, 5) is 0. The molecule has 1 aliphatic rings. The molecule has 0 saturated carbocycles. The molecule has 96 valence electrons. The van der Waals surface area contributed by atoms with E-state index >= 15 is 0 Å². The fourth-order valence-electron chi connectivity index (χ4n) is 3.31. The average molecular weight is 227 g/mol. The molecular formula is C14H29NO. The monoisotopic (exact) mass is 227 g/mol. The third-order valence-electron chi connectivity index (χ3n) is 3.85. The van der Waals surface area contributed by atoms with Crippen molar-refractivity contribution in [3.8, 4) is 0 Å². The van der Waals surface area contributed by atoms with Crippen LogP contribution >= 0.6 is 0 Å². The van der Waals surface area contributed by atoms with Crippen LogP contribution in [0.15, 0.2) is 0 Å². The Balaban J connectivity index is 2.70. The lowest BCUT2D eigenvalue weighted by atomic mass is 9.71. The first-order valence-corrected chi connectivity index (χ1v) is 7.11. The quantitative estimate of drug-likeness (QED) is 0.720. The SMILES string of the molecule is CCCC(CCC)(CCC)C1CNCCO1. The molecule has 1 saturated heterocycles. The van der Waals surface area contributed by atoms with E-state index in [9.17, 15) is 0 Å². The summed E-state index contributed by atoms with van der Waals surface area (Å²) in [7, 11) is 0. The largest absolute Gasteiger partial charge is 0.375 e. The Morgan fingerprint density at radius 1 is 1.06 bits per heavy atom. The Morgan fingerprint density at radius 2 is 1.62 bits per heavy atom. The first kappa shape index (κ1) is 14.0. The first-order valence-electron chi connectivity index (χ1n) is 7.11. The van der Waals surface area contributed by atoms with Crippen molar-refractivity contribution >= 4 is 0 Å². The molecule has 2 nitrogen and oxygen atoms in total. The van der Waals surface area contributed by atoms with E-state index in [1.165, 1.54) is 38.5 Å². The van der Waals surface area contributed by atoms with Gasteiger partial charge in [0.15, 0.2) is 0 Å². The predicted molar refractivity (Wildman–Crippen MR) is 69.8 cm³/mol. The van der Waals surface area contributed by atoms with Crippen LogP contribution in [0.2, 0.25) is 0 Å². The van der Waals surface area contributed by atoms with Gasteiger partial charge in [0.2, 0.25) is 0 Å². The Hall–Kier alpha value is -0.0800. The van der Waals surface area contributed by atoms with Crippen LogP contribution in [0.3, 0.4) is 0 Å². The van der Waals surface area contributed by atoms with E-state index in [1.54, 1.807) is 0 Å². The molecule has 0 aliphatic carbocycles. The van der Waals surface area contributed by atoms with Crippen molar-refractivity contribution < 1.29 is 4.74 Å². The normalized spacial score (nSPS) is 22.3. The summed E-state index contributed by atoms with van der Waals surface area (Å²) in [6.07, 6.45) is 8.24. The Kier molecular flexibility index (Phi) is 6.37. The second kappa shape index (κ2) is 7.29. The number of morpholine rings is 1. The second-order valence-corrected chi connectivity index (χ2v) is 5.18. The predicted octanol–water partition coefficient (Wildman–Crippen LogP) is 3.36. The fourth-order valence-corrected chi connectivity index (χ4v) is 3.31. The van der Waals surface area contributed by atoms with Crippen molar-refractivity contribution in [2.24, 2.45) is 5.41 Å². The van der Waals surface area contributed by atoms with E-state index in [-0.39, 0.29) is 0 Å². The Labute approximate surface area is 101 Å². The zero-order chi connectivity index (χ0) is 11.9. The average Bonchev–Trinajstić information content (AvgIpc) is 2.31. The molecule has 2 heteroatoms. The third-order valence-corrected chi connectivity index (χ3v) is 3.85. The highest BCUT2D eigenvalue weighted by Gasteiger charge is 2.37. The summed E-state index contributed by atoms with van der Waals surface area (Å²) in [6.45, 7) is 9.88. The molecular weight excluding hydrogens is 198 g/mol. The van der Waals surface area contributed by atoms with Gasteiger partial charge in [-0.1, -0.05) is 40.0 Å². The summed E-state index contributed by atoms with van der Waals surface area (Å²) < 4.78 is 6.04. The van der Waals surface area contributed by atoms with Crippen molar-refractivity contribution in [1.29, 1.82) is 0 Å². The van der Waals surface area contributed by atoms with Crippen LogP contribution < -0.4 is 5.32 Å². The highest BCUT2D eigenvalue weighted by Crippen LogP contribution is 2.40. The van der Waals surface area contributed by atoms with Gasteiger partial charge in [0, 0.05) is 13.1 Å². The molecule has 0 aromatic carbocycles. The van der Waals surface area contributed by atoms with Gasteiger partial charge in [-0.25, -0.2) is 0 Å². The standard InChI is InChI=1S/C14H29NO/c1-4-7-14(8-5-2,9-6-3)13-12-15-10-11-16-13/h13,15H,4-12H2,1-3H3. The molecule has 0 radical (unpaired) electrons. The van der Waals surface area contributed by atoms with E-state index in [0.717, 1.165) is 19.7 Å². The number of hydrogen-bond donors (Lipinski definition) is 1. The summed E-state index contributed by atoms with van der Waals surface area (Å²) >= 11 is 0. The van der Waals surface area contributed by atoms with Crippen molar-refractivity contribution in [3.63, 3.8) is 0 Å². The Bertz CT molecular complexity index is 159. The molecule has 1 rings (SSSR count). The zero-order valence-electron chi connectivity index (χ0n) is 11.3. The third kappa shape index (κ3) is 3.46. The molecule has 16 heavy (non-hydrogen) atoms. The second-order valence-electron chi connectivity index (χ2n) is 5.18. The van der Waals surface area contributed by atoms with E-state index in [1.807, 2.05) is 0 Å². The van der Waals surface area contributed by atoms with Gasteiger partial charge in [-0.2, -0.15) is 0 Å². The maximum atomic E-state index is 6.04. The smallest absolute Gasteiger partial charge is 0.0756 e. The van der Waals surface area contributed by atoms with E-state index in [0.29, 0.717) is 11.5 Å². The van der Waals surface area contributed by atoms with Crippen LogP contribution in [-0.4, -0.2) is 25.8 Å². The van der Waals surface area contributed by atoms with Gasteiger partial charge in [0.05, 0.1) is 12.7 Å². The summed E-state index contributed by atoms with van der Waals surface area (Å²) in [5.41, 5.74) is 0.436. The van der Waals surface area contributed by atoms with Crippen LogP contribution in [0.5, 0.6) is 0 Å². The number of hydrogen-bond acceptors (Lipinski definition) is 2.